The number of aromatic nitrogens is 4. The van der Waals surface area contributed by atoms with Crippen molar-refractivity contribution < 1.29 is 4.79 Å². The maximum absolute atomic E-state index is 12.4. The van der Waals surface area contributed by atoms with Crippen molar-refractivity contribution in [2.24, 2.45) is 0 Å². The second-order valence-corrected chi connectivity index (χ2v) is 5.26. The van der Waals surface area contributed by atoms with E-state index in [1.807, 2.05) is 23.1 Å². The van der Waals surface area contributed by atoms with Crippen LogP contribution in [0.1, 0.15) is 37.4 Å². The Kier molecular flexibility index (Phi) is 4.23. The number of carbonyl (C=O) groups is 1. The molecular weight excluding hydrogens is 266 g/mol. The standard InChI is InChI=1S/C15H19N5O/c21-15(7-4-9-19-12-16-11-18-19)20-10-3-6-14(20)13-5-1-2-8-17-13/h1-2,5,8,11-12,14H,3-4,6-7,9-10H2/t14-/m0/s1. The number of hydrogen-bond donors (Lipinski definition) is 0. The predicted molar refractivity (Wildman–Crippen MR) is 77.2 cm³/mol. The Hall–Kier alpha value is -2.24. The van der Waals surface area contributed by atoms with Crippen LogP contribution in [0.15, 0.2) is 37.1 Å². The van der Waals surface area contributed by atoms with Crippen LogP contribution in [0.25, 0.3) is 0 Å². The molecule has 0 radical (unpaired) electrons. The summed E-state index contributed by atoms with van der Waals surface area (Å²) in [5, 5.41) is 4.04. The molecule has 2 aromatic rings. The van der Waals surface area contributed by atoms with Gasteiger partial charge in [0.1, 0.15) is 12.7 Å². The molecule has 1 atom stereocenters. The third kappa shape index (κ3) is 3.26. The van der Waals surface area contributed by atoms with Crippen LogP contribution in [0.3, 0.4) is 0 Å². The Labute approximate surface area is 123 Å². The minimum absolute atomic E-state index is 0.144. The second-order valence-electron chi connectivity index (χ2n) is 5.26. The zero-order valence-corrected chi connectivity index (χ0v) is 11.9. The topological polar surface area (TPSA) is 63.9 Å². The quantitative estimate of drug-likeness (QED) is 0.840. The van der Waals surface area contributed by atoms with Crippen LogP contribution in [0.5, 0.6) is 0 Å². The highest BCUT2D eigenvalue weighted by Gasteiger charge is 2.30. The molecule has 0 saturated carbocycles. The normalized spacial score (nSPS) is 18.1. The van der Waals surface area contributed by atoms with Gasteiger partial charge in [-0.25, -0.2) is 4.98 Å². The molecule has 21 heavy (non-hydrogen) atoms. The Morgan fingerprint density at radius 3 is 3.10 bits per heavy atom. The van der Waals surface area contributed by atoms with Gasteiger partial charge in [-0.3, -0.25) is 14.5 Å². The van der Waals surface area contributed by atoms with E-state index in [2.05, 4.69) is 15.1 Å². The van der Waals surface area contributed by atoms with Gasteiger partial charge in [-0.15, -0.1) is 0 Å². The van der Waals surface area contributed by atoms with Crippen molar-refractivity contribution in [3.05, 3.63) is 42.7 Å². The molecule has 0 bridgehead atoms. The van der Waals surface area contributed by atoms with Gasteiger partial charge in [-0.2, -0.15) is 5.10 Å². The molecule has 0 aliphatic carbocycles. The van der Waals surface area contributed by atoms with Gasteiger partial charge in [0.15, 0.2) is 0 Å². The fourth-order valence-corrected chi connectivity index (χ4v) is 2.83. The van der Waals surface area contributed by atoms with E-state index < -0.39 is 0 Å². The van der Waals surface area contributed by atoms with Gasteiger partial charge < -0.3 is 4.90 Å². The van der Waals surface area contributed by atoms with Gasteiger partial charge in [0.05, 0.1) is 11.7 Å². The Morgan fingerprint density at radius 2 is 2.33 bits per heavy atom. The van der Waals surface area contributed by atoms with Gasteiger partial charge >= 0.3 is 0 Å². The molecule has 0 unspecified atom stereocenters. The minimum atomic E-state index is 0.144. The summed E-state index contributed by atoms with van der Waals surface area (Å²) in [6.07, 6.45) is 8.37. The molecule has 0 spiro atoms. The lowest BCUT2D eigenvalue weighted by Crippen LogP contribution is -2.30. The van der Waals surface area contributed by atoms with Gasteiger partial charge in [0.2, 0.25) is 5.91 Å². The van der Waals surface area contributed by atoms with E-state index in [1.165, 1.54) is 6.33 Å². The van der Waals surface area contributed by atoms with Crippen LogP contribution < -0.4 is 0 Å². The van der Waals surface area contributed by atoms with E-state index in [4.69, 9.17) is 0 Å². The molecule has 1 aliphatic heterocycles. The molecule has 3 heterocycles. The number of likely N-dealkylation sites (tertiary alicyclic amines) is 1. The summed E-state index contributed by atoms with van der Waals surface area (Å²) in [6, 6.07) is 6.03. The first-order chi connectivity index (χ1) is 10.3. The first kappa shape index (κ1) is 13.7. The van der Waals surface area contributed by atoms with Crippen molar-refractivity contribution in [1.29, 1.82) is 0 Å². The molecular formula is C15H19N5O. The fourth-order valence-electron chi connectivity index (χ4n) is 2.83. The van der Waals surface area contributed by atoms with E-state index in [9.17, 15) is 4.79 Å². The third-order valence-electron chi connectivity index (χ3n) is 3.85. The van der Waals surface area contributed by atoms with E-state index in [0.717, 1.165) is 38.0 Å². The number of nitrogens with zero attached hydrogens (tertiary/aromatic N) is 5. The van der Waals surface area contributed by atoms with Crippen molar-refractivity contribution in [2.75, 3.05) is 6.54 Å². The van der Waals surface area contributed by atoms with Crippen LogP contribution in [0.4, 0.5) is 0 Å². The number of pyridine rings is 1. The lowest BCUT2D eigenvalue weighted by Gasteiger charge is -2.24. The maximum Gasteiger partial charge on any atom is 0.223 e. The smallest absolute Gasteiger partial charge is 0.223 e. The number of amides is 1. The van der Waals surface area contributed by atoms with Crippen LogP contribution in [-0.4, -0.2) is 37.1 Å². The third-order valence-corrected chi connectivity index (χ3v) is 3.85. The minimum Gasteiger partial charge on any atom is -0.334 e. The van der Waals surface area contributed by atoms with E-state index in [1.54, 1.807) is 17.2 Å². The maximum atomic E-state index is 12.4. The summed E-state index contributed by atoms with van der Waals surface area (Å²) in [5.74, 6) is 0.211. The number of carbonyl (C=O) groups excluding carboxylic acids is 1. The Bertz CT molecular complexity index is 569. The van der Waals surface area contributed by atoms with Gasteiger partial charge in [-0.1, -0.05) is 6.07 Å². The SMILES string of the molecule is O=C(CCCn1cncn1)N1CCC[C@H]1c1ccccn1. The number of aryl methyl sites for hydroxylation is 1. The van der Waals surface area contributed by atoms with E-state index in [0.29, 0.717) is 6.42 Å². The molecule has 1 saturated heterocycles. The van der Waals surface area contributed by atoms with Gasteiger partial charge in [-0.05, 0) is 31.4 Å². The fraction of sp³-hybridized carbons (Fsp3) is 0.467. The van der Waals surface area contributed by atoms with Crippen molar-refractivity contribution in [1.82, 2.24) is 24.6 Å². The average molecular weight is 285 g/mol. The molecule has 0 aromatic carbocycles. The lowest BCUT2D eigenvalue weighted by atomic mass is 10.1. The summed E-state index contributed by atoms with van der Waals surface area (Å²) in [4.78, 5) is 22.7. The van der Waals surface area contributed by atoms with E-state index in [-0.39, 0.29) is 11.9 Å². The zero-order chi connectivity index (χ0) is 14.5. The zero-order valence-electron chi connectivity index (χ0n) is 11.9. The van der Waals surface area contributed by atoms with Gasteiger partial charge in [0.25, 0.3) is 0 Å². The van der Waals surface area contributed by atoms with E-state index >= 15 is 0 Å². The Balaban J connectivity index is 1.56. The van der Waals surface area contributed by atoms with Crippen LogP contribution in [-0.2, 0) is 11.3 Å². The monoisotopic (exact) mass is 285 g/mol. The summed E-state index contributed by atoms with van der Waals surface area (Å²) in [5.41, 5.74) is 1.000. The summed E-state index contributed by atoms with van der Waals surface area (Å²) >= 11 is 0. The molecule has 110 valence electrons. The summed E-state index contributed by atoms with van der Waals surface area (Å²) < 4.78 is 1.76. The molecule has 0 N–H and O–H groups in total. The molecule has 1 aliphatic rings. The molecule has 2 aromatic heterocycles. The molecule has 6 heteroatoms. The highest BCUT2D eigenvalue weighted by atomic mass is 16.2. The highest BCUT2D eigenvalue weighted by molar-refractivity contribution is 5.76. The van der Waals surface area contributed by atoms with Crippen molar-refractivity contribution in [3.63, 3.8) is 0 Å². The molecule has 1 fully saturated rings. The second kappa shape index (κ2) is 6.47. The Morgan fingerprint density at radius 1 is 1.38 bits per heavy atom. The largest absolute Gasteiger partial charge is 0.334 e. The summed E-state index contributed by atoms with van der Waals surface area (Å²) in [6.45, 7) is 1.57. The lowest BCUT2D eigenvalue weighted by molar-refractivity contribution is -0.132. The predicted octanol–water partition coefficient (Wildman–Crippen LogP) is 1.82. The molecule has 1 amide bonds. The van der Waals surface area contributed by atoms with Crippen LogP contribution in [0.2, 0.25) is 0 Å². The molecule has 3 rings (SSSR count). The van der Waals surface area contributed by atoms with Gasteiger partial charge in [0, 0.05) is 25.7 Å². The van der Waals surface area contributed by atoms with Crippen LogP contribution in [0, 0.1) is 0 Å². The molecule has 6 nitrogen and oxygen atoms in total. The van der Waals surface area contributed by atoms with Crippen molar-refractivity contribution in [3.8, 4) is 0 Å². The average Bonchev–Trinajstić information content (AvgIpc) is 3.19. The first-order valence-electron chi connectivity index (χ1n) is 7.37. The number of hydrogen-bond acceptors (Lipinski definition) is 4. The summed E-state index contributed by atoms with van der Waals surface area (Å²) in [7, 11) is 0. The first-order valence-corrected chi connectivity index (χ1v) is 7.37. The highest BCUT2D eigenvalue weighted by Crippen LogP contribution is 2.31. The van der Waals surface area contributed by atoms with Crippen LogP contribution >= 0.6 is 0 Å². The number of rotatable bonds is 5. The van der Waals surface area contributed by atoms with Crippen molar-refractivity contribution in [2.45, 2.75) is 38.3 Å². The van der Waals surface area contributed by atoms with Crippen molar-refractivity contribution >= 4 is 5.91 Å².